The summed E-state index contributed by atoms with van der Waals surface area (Å²) in [6, 6.07) is 17.8. The van der Waals surface area contributed by atoms with E-state index >= 15 is 0 Å². The predicted molar refractivity (Wildman–Crippen MR) is 71.2 cm³/mol. The Labute approximate surface area is 106 Å². The predicted octanol–water partition coefficient (Wildman–Crippen LogP) is 3.27. The Morgan fingerprint density at radius 1 is 0.944 bits per heavy atom. The highest BCUT2D eigenvalue weighted by Crippen LogP contribution is 2.14. The van der Waals surface area contributed by atoms with Crippen LogP contribution in [0.5, 0.6) is 5.75 Å². The summed E-state index contributed by atoms with van der Waals surface area (Å²) >= 11 is 0. The van der Waals surface area contributed by atoms with Crippen LogP contribution in [-0.4, -0.2) is 11.4 Å². The van der Waals surface area contributed by atoms with Gasteiger partial charge in [-0.05, 0) is 23.3 Å². The Balaban J connectivity index is 1.90. The molecule has 0 bridgehead atoms. The van der Waals surface area contributed by atoms with E-state index in [2.05, 4.69) is 5.16 Å². The first-order valence-electron chi connectivity index (χ1n) is 5.80. The van der Waals surface area contributed by atoms with E-state index in [-0.39, 0.29) is 0 Å². The van der Waals surface area contributed by atoms with Crippen molar-refractivity contribution < 1.29 is 9.94 Å². The maximum absolute atomic E-state index is 8.34. The van der Waals surface area contributed by atoms with Gasteiger partial charge in [-0.3, -0.25) is 0 Å². The topological polar surface area (TPSA) is 41.8 Å². The molecule has 0 saturated carbocycles. The van der Waals surface area contributed by atoms with Crippen LogP contribution >= 0.6 is 0 Å². The molecule has 3 nitrogen and oxygen atoms in total. The van der Waals surface area contributed by atoms with Crippen molar-refractivity contribution in [2.24, 2.45) is 5.16 Å². The lowest BCUT2D eigenvalue weighted by Gasteiger charge is -2.06. The van der Waals surface area contributed by atoms with Gasteiger partial charge in [0, 0.05) is 12.6 Å². The Bertz CT molecular complexity index is 492. The van der Waals surface area contributed by atoms with Crippen molar-refractivity contribution in [2.75, 3.05) is 0 Å². The Morgan fingerprint density at radius 2 is 1.67 bits per heavy atom. The Kier molecular flexibility index (Phi) is 4.36. The lowest BCUT2D eigenvalue weighted by Crippen LogP contribution is -1.95. The fourth-order valence-corrected chi connectivity index (χ4v) is 1.61. The summed E-state index contributed by atoms with van der Waals surface area (Å²) in [6.07, 6.45) is 2.08. The zero-order valence-corrected chi connectivity index (χ0v) is 9.99. The maximum Gasteiger partial charge on any atom is 0.119 e. The Morgan fingerprint density at radius 3 is 2.33 bits per heavy atom. The average Bonchev–Trinajstić information content (AvgIpc) is 2.45. The van der Waals surface area contributed by atoms with E-state index in [0.29, 0.717) is 13.0 Å². The summed E-state index contributed by atoms with van der Waals surface area (Å²) in [5, 5.41) is 11.3. The molecule has 0 spiro atoms. The van der Waals surface area contributed by atoms with Gasteiger partial charge in [-0.1, -0.05) is 42.5 Å². The van der Waals surface area contributed by atoms with Crippen molar-refractivity contribution in [3.8, 4) is 5.75 Å². The van der Waals surface area contributed by atoms with E-state index in [4.69, 9.17) is 9.94 Å². The first-order chi connectivity index (χ1) is 8.88. The third-order valence-electron chi connectivity index (χ3n) is 2.58. The lowest BCUT2D eigenvalue weighted by atomic mass is 10.1. The quantitative estimate of drug-likeness (QED) is 0.496. The van der Waals surface area contributed by atoms with Crippen molar-refractivity contribution in [2.45, 2.75) is 13.0 Å². The highest BCUT2D eigenvalue weighted by molar-refractivity contribution is 5.60. The van der Waals surface area contributed by atoms with Crippen LogP contribution in [0.3, 0.4) is 0 Å². The molecular formula is C15H15NO2. The fourth-order valence-electron chi connectivity index (χ4n) is 1.61. The van der Waals surface area contributed by atoms with Crippen molar-refractivity contribution in [1.82, 2.24) is 0 Å². The Hall–Kier alpha value is -2.29. The molecule has 0 atom stereocenters. The molecule has 2 rings (SSSR count). The van der Waals surface area contributed by atoms with E-state index < -0.39 is 0 Å². The zero-order chi connectivity index (χ0) is 12.6. The molecule has 2 aromatic carbocycles. The van der Waals surface area contributed by atoms with Crippen LogP contribution in [0.2, 0.25) is 0 Å². The number of ether oxygens (including phenoxy) is 1. The van der Waals surface area contributed by atoms with Gasteiger partial charge in [0.2, 0.25) is 0 Å². The highest BCUT2D eigenvalue weighted by Gasteiger charge is 1.96. The molecule has 18 heavy (non-hydrogen) atoms. The van der Waals surface area contributed by atoms with Crippen molar-refractivity contribution in [1.29, 1.82) is 0 Å². The van der Waals surface area contributed by atoms with Gasteiger partial charge in [-0.25, -0.2) is 0 Å². The van der Waals surface area contributed by atoms with Gasteiger partial charge < -0.3 is 9.94 Å². The van der Waals surface area contributed by atoms with Crippen LogP contribution in [0.25, 0.3) is 0 Å². The largest absolute Gasteiger partial charge is 0.489 e. The van der Waals surface area contributed by atoms with Crippen molar-refractivity contribution >= 4 is 6.21 Å². The molecule has 0 heterocycles. The van der Waals surface area contributed by atoms with Crippen molar-refractivity contribution in [3.63, 3.8) is 0 Å². The van der Waals surface area contributed by atoms with Gasteiger partial charge in [0.25, 0.3) is 0 Å². The molecule has 1 N–H and O–H groups in total. The SMILES string of the molecule is O/N=C/Cc1ccc(OCc2ccccc2)cc1. The standard InChI is InChI=1S/C15H15NO2/c17-16-11-10-13-6-8-15(9-7-13)18-12-14-4-2-1-3-5-14/h1-9,11,17H,10,12H2/b16-11+. The summed E-state index contributed by atoms with van der Waals surface area (Å²) in [6.45, 7) is 0.568. The monoisotopic (exact) mass is 241 g/mol. The maximum atomic E-state index is 8.34. The minimum absolute atomic E-state index is 0.568. The molecule has 0 radical (unpaired) electrons. The summed E-state index contributed by atoms with van der Waals surface area (Å²) in [7, 11) is 0. The molecule has 0 aliphatic heterocycles. The first kappa shape index (κ1) is 12.2. The van der Waals surface area contributed by atoms with E-state index in [0.717, 1.165) is 16.9 Å². The fraction of sp³-hybridized carbons (Fsp3) is 0.133. The molecule has 0 amide bonds. The van der Waals surface area contributed by atoms with Gasteiger partial charge in [-0.15, -0.1) is 5.16 Å². The van der Waals surface area contributed by atoms with Crippen LogP contribution in [0.4, 0.5) is 0 Å². The number of hydrogen-bond donors (Lipinski definition) is 1. The highest BCUT2D eigenvalue weighted by atomic mass is 16.5. The minimum Gasteiger partial charge on any atom is -0.489 e. The van der Waals surface area contributed by atoms with E-state index in [9.17, 15) is 0 Å². The zero-order valence-electron chi connectivity index (χ0n) is 9.99. The molecule has 92 valence electrons. The molecule has 0 aromatic heterocycles. The molecule has 3 heteroatoms. The smallest absolute Gasteiger partial charge is 0.119 e. The molecule has 0 saturated heterocycles. The van der Waals surface area contributed by atoms with Crippen LogP contribution in [0.15, 0.2) is 59.8 Å². The molecule has 0 aliphatic rings. The molecule has 2 aromatic rings. The van der Waals surface area contributed by atoms with E-state index in [1.807, 2.05) is 54.6 Å². The van der Waals surface area contributed by atoms with Crippen LogP contribution in [-0.2, 0) is 13.0 Å². The third kappa shape index (κ3) is 3.63. The second-order valence-corrected chi connectivity index (χ2v) is 3.92. The number of benzene rings is 2. The van der Waals surface area contributed by atoms with Gasteiger partial charge in [-0.2, -0.15) is 0 Å². The summed E-state index contributed by atoms with van der Waals surface area (Å²) in [5.74, 6) is 0.837. The van der Waals surface area contributed by atoms with Gasteiger partial charge in [0.1, 0.15) is 12.4 Å². The van der Waals surface area contributed by atoms with E-state index in [1.165, 1.54) is 6.21 Å². The van der Waals surface area contributed by atoms with Gasteiger partial charge >= 0.3 is 0 Å². The van der Waals surface area contributed by atoms with Crippen LogP contribution in [0.1, 0.15) is 11.1 Å². The normalized spacial score (nSPS) is 10.7. The second kappa shape index (κ2) is 6.45. The first-order valence-corrected chi connectivity index (χ1v) is 5.80. The van der Waals surface area contributed by atoms with Crippen LogP contribution < -0.4 is 4.74 Å². The molecule has 0 unspecified atom stereocenters. The number of rotatable bonds is 5. The molecular weight excluding hydrogens is 226 g/mol. The van der Waals surface area contributed by atoms with Crippen molar-refractivity contribution in [3.05, 3.63) is 65.7 Å². The average molecular weight is 241 g/mol. The third-order valence-corrected chi connectivity index (χ3v) is 2.58. The summed E-state index contributed by atoms with van der Waals surface area (Å²) in [5.41, 5.74) is 2.23. The van der Waals surface area contributed by atoms with E-state index in [1.54, 1.807) is 0 Å². The van der Waals surface area contributed by atoms with Gasteiger partial charge in [0.15, 0.2) is 0 Å². The minimum atomic E-state index is 0.568. The van der Waals surface area contributed by atoms with Gasteiger partial charge in [0.05, 0.1) is 0 Å². The lowest BCUT2D eigenvalue weighted by molar-refractivity contribution is 0.306. The number of oxime groups is 1. The number of hydrogen-bond acceptors (Lipinski definition) is 3. The van der Waals surface area contributed by atoms with Crippen LogP contribution in [0, 0.1) is 0 Å². The molecule has 0 aliphatic carbocycles. The second-order valence-electron chi connectivity index (χ2n) is 3.92. The summed E-state index contributed by atoms with van der Waals surface area (Å²) in [4.78, 5) is 0. The molecule has 0 fully saturated rings. The number of nitrogens with zero attached hydrogens (tertiary/aromatic N) is 1. The summed E-state index contributed by atoms with van der Waals surface area (Å²) < 4.78 is 5.67.